The maximum absolute atomic E-state index is 5.71. The van der Waals surface area contributed by atoms with Gasteiger partial charge in [0.15, 0.2) is 6.10 Å². The van der Waals surface area contributed by atoms with Gasteiger partial charge in [-0.05, 0) is 6.92 Å². The van der Waals surface area contributed by atoms with Crippen molar-refractivity contribution >= 4 is 23.0 Å². The van der Waals surface area contributed by atoms with Crippen molar-refractivity contribution < 1.29 is 4.84 Å². The maximum Gasteiger partial charge on any atom is 0.151 e. The number of oxime groups is 1. The molecule has 2 heterocycles. The number of rotatable bonds is 1. The van der Waals surface area contributed by atoms with Crippen molar-refractivity contribution in [1.29, 1.82) is 0 Å². The van der Waals surface area contributed by atoms with Crippen LogP contribution in [0.2, 0.25) is 0 Å². The van der Waals surface area contributed by atoms with Gasteiger partial charge in [0.2, 0.25) is 0 Å². The molecule has 66 valence electrons. The van der Waals surface area contributed by atoms with Crippen LogP contribution in [-0.2, 0) is 4.84 Å². The van der Waals surface area contributed by atoms with Gasteiger partial charge in [-0.2, -0.15) is 5.10 Å². The monoisotopic (exact) mass is 187 g/mol. The molecule has 12 heavy (non-hydrogen) atoms. The second-order valence-corrected chi connectivity index (χ2v) is 3.25. The number of alkyl halides is 1. The van der Waals surface area contributed by atoms with Crippen LogP contribution in [0.4, 0.5) is 0 Å². The number of hydrogen-bond acceptors (Lipinski definition) is 4. The fourth-order valence-electron chi connectivity index (χ4n) is 1.46. The van der Waals surface area contributed by atoms with E-state index >= 15 is 0 Å². The SMILES string of the molecule is CC1=NNCC2C1=NOC2CCl. The molecule has 1 N–H and O–H groups in total. The first-order chi connectivity index (χ1) is 5.83. The molecule has 0 bridgehead atoms. The smallest absolute Gasteiger partial charge is 0.151 e. The summed E-state index contributed by atoms with van der Waals surface area (Å²) in [5, 5.41) is 8.01. The molecule has 2 aliphatic heterocycles. The van der Waals surface area contributed by atoms with Crippen LogP contribution < -0.4 is 5.43 Å². The van der Waals surface area contributed by atoms with Crippen LogP contribution in [0.1, 0.15) is 6.92 Å². The van der Waals surface area contributed by atoms with E-state index in [2.05, 4.69) is 15.7 Å². The predicted octanol–water partition coefficient (Wildman–Crippen LogP) is 0.575. The van der Waals surface area contributed by atoms with Crippen molar-refractivity contribution in [2.24, 2.45) is 16.2 Å². The van der Waals surface area contributed by atoms with Gasteiger partial charge >= 0.3 is 0 Å². The minimum absolute atomic E-state index is 0.0135. The zero-order valence-corrected chi connectivity index (χ0v) is 7.51. The Kier molecular flexibility index (Phi) is 1.92. The third-order valence-electron chi connectivity index (χ3n) is 2.17. The Labute approximate surface area is 75.6 Å². The van der Waals surface area contributed by atoms with E-state index in [4.69, 9.17) is 16.4 Å². The molecule has 0 aromatic heterocycles. The molecule has 0 saturated carbocycles. The summed E-state index contributed by atoms with van der Waals surface area (Å²) in [5.41, 5.74) is 4.78. The standard InChI is InChI=1S/C7H10ClN3O/c1-4-7-5(3-9-10-4)6(2-8)12-11-7/h5-6,9H,2-3H2,1H3. The average molecular weight is 188 g/mol. The van der Waals surface area contributed by atoms with E-state index in [9.17, 15) is 0 Å². The van der Waals surface area contributed by atoms with Gasteiger partial charge in [-0.25, -0.2) is 0 Å². The number of fused-ring (bicyclic) bond motifs is 1. The summed E-state index contributed by atoms with van der Waals surface area (Å²) in [5.74, 6) is 0.757. The van der Waals surface area contributed by atoms with E-state index in [0.717, 1.165) is 18.0 Å². The average Bonchev–Trinajstić information content (AvgIpc) is 2.49. The molecule has 0 spiro atoms. The van der Waals surface area contributed by atoms with Crippen LogP contribution >= 0.6 is 11.6 Å². The molecule has 2 rings (SSSR count). The van der Waals surface area contributed by atoms with Gasteiger partial charge in [0.25, 0.3) is 0 Å². The normalized spacial score (nSPS) is 32.8. The maximum atomic E-state index is 5.71. The summed E-state index contributed by atoms with van der Waals surface area (Å²) < 4.78 is 0. The van der Waals surface area contributed by atoms with Crippen molar-refractivity contribution in [2.75, 3.05) is 12.4 Å². The molecule has 0 aliphatic carbocycles. The second-order valence-electron chi connectivity index (χ2n) is 2.94. The number of nitrogens with one attached hydrogen (secondary N) is 1. The molecule has 0 amide bonds. The molecule has 0 saturated heterocycles. The van der Waals surface area contributed by atoms with Crippen LogP contribution in [-0.4, -0.2) is 30.0 Å². The van der Waals surface area contributed by atoms with E-state index in [0.29, 0.717) is 5.88 Å². The Morgan fingerprint density at radius 2 is 2.58 bits per heavy atom. The minimum atomic E-state index is 0.0135. The van der Waals surface area contributed by atoms with Gasteiger partial charge in [0.05, 0.1) is 17.5 Å². The Morgan fingerprint density at radius 1 is 1.75 bits per heavy atom. The van der Waals surface area contributed by atoms with Crippen LogP contribution in [0.3, 0.4) is 0 Å². The molecule has 0 radical (unpaired) electrons. The largest absolute Gasteiger partial charge is 0.390 e. The number of hydrogen-bond donors (Lipinski definition) is 1. The molecular weight excluding hydrogens is 178 g/mol. The molecule has 5 heteroatoms. The Balaban J connectivity index is 2.20. The van der Waals surface area contributed by atoms with E-state index in [1.165, 1.54) is 0 Å². The molecule has 2 atom stereocenters. The van der Waals surface area contributed by atoms with Crippen LogP contribution in [0.15, 0.2) is 10.3 Å². The van der Waals surface area contributed by atoms with Crippen molar-refractivity contribution in [2.45, 2.75) is 13.0 Å². The lowest BCUT2D eigenvalue weighted by Crippen LogP contribution is -2.40. The first-order valence-electron chi connectivity index (χ1n) is 3.90. The highest BCUT2D eigenvalue weighted by molar-refractivity contribution is 6.43. The quantitative estimate of drug-likeness (QED) is 0.611. The summed E-state index contributed by atoms with van der Waals surface area (Å²) in [7, 11) is 0. The van der Waals surface area contributed by atoms with Crippen molar-refractivity contribution in [1.82, 2.24) is 5.43 Å². The second kappa shape index (κ2) is 2.94. The van der Waals surface area contributed by atoms with Gasteiger partial charge in [0, 0.05) is 6.54 Å². The topological polar surface area (TPSA) is 46.0 Å². The highest BCUT2D eigenvalue weighted by Crippen LogP contribution is 2.21. The van der Waals surface area contributed by atoms with Crippen molar-refractivity contribution in [3.63, 3.8) is 0 Å². The predicted molar refractivity (Wildman–Crippen MR) is 47.6 cm³/mol. The lowest BCUT2D eigenvalue weighted by Gasteiger charge is -2.19. The van der Waals surface area contributed by atoms with Crippen molar-refractivity contribution in [3.8, 4) is 0 Å². The van der Waals surface area contributed by atoms with Crippen LogP contribution in [0.5, 0.6) is 0 Å². The lowest BCUT2D eigenvalue weighted by atomic mass is 9.95. The third kappa shape index (κ3) is 1.06. The summed E-state index contributed by atoms with van der Waals surface area (Å²) >= 11 is 5.71. The molecule has 0 aromatic rings. The van der Waals surface area contributed by atoms with Crippen LogP contribution in [0, 0.1) is 5.92 Å². The van der Waals surface area contributed by atoms with Gasteiger partial charge in [-0.1, -0.05) is 5.16 Å². The van der Waals surface area contributed by atoms with Crippen molar-refractivity contribution in [3.05, 3.63) is 0 Å². The highest BCUT2D eigenvalue weighted by atomic mass is 35.5. The summed E-state index contributed by atoms with van der Waals surface area (Å²) in [6.07, 6.45) is 0.0135. The number of nitrogens with zero attached hydrogens (tertiary/aromatic N) is 2. The fourth-order valence-corrected chi connectivity index (χ4v) is 1.73. The van der Waals surface area contributed by atoms with Gasteiger partial charge < -0.3 is 10.3 Å². The lowest BCUT2D eigenvalue weighted by molar-refractivity contribution is 0.0785. The molecule has 0 fully saturated rings. The van der Waals surface area contributed by atoms with Crippen LogP contribution in [0.25, 0.3) is 0 Å². The van der Waals surface area contributed by atoms with Gasteiger partial charge in [-0.15, -0.1) is 11.6 Å². The molecular formula is C7H10ClN3O. The fraction of sp³-hybridized carbons (Fsp3) is 0.714. The molecule has 2 aliphatic rings. The summed E-state index contributed by atoms with van der Waals surface area (Å²) in [4.78, 5) is 5.15. The van der Waals surface area contributed by atoms with E-state index in [-0.39, 0.29) is 12.0 Å². The number of hydrazone groups is 1. The van der Waals surface area contributed by atoms with E-state index in [1.54, 1.807) is 0 Å². The molecule has 0 aromatic carbocycles. The first kappa shape index (κ1) is 7.86. The van der Waals surface area contributed by atoms with Gasteiger partial charge in [-0.3, -0.25) is 0 Å². The number of halogens is 1. The Bertz CT molecular complexity index is 251. The van der Waals surface area contributed by atoms with E-state index in [1.807, 2.05) is 6.92 Å². The summed E-state index contributed by atoms with van der Waals surface area (Å²) in [6, 6.07) is 0. The Morgan fingerprint density at radius 3 is 3.33 bits per heavy atom. The molecule has 4 nitrogen and oxygen atoms in total. The third-order valence-corrected chi connectivity index (χ3v) is 2.47. The zero-order valence-electron chi connectivity index (χ0n) is 6.75. The van der Waals surface area contributed by atoms with E-state index < -0.39 is 0 Å². The highest BCUT2D eigenvalue weighted by Gasteiger charge is 2.36. The Hall–Kier alpha value is -0.770. The summed E-state index contributed by atoms with van der Waals surface area (Å²) in [6.45, 7) is 2.69. The minimum Gasteiger partial charge on any atom is -0.390 e. The molecule has 2 unspecified atom stereocenters. The van der Waals surface area contributed by atoms with Gasteiger partial charge in [0.1, 0.15) is 5.71 Å². The first-order valence-corrected chi connectivity index (χ1v) is 4.43. The zero-order chi connectivity index (χ0) is 8.55.